The van der Waals surface area contributed by atoms with Crippen molar-refractivity contribution < 1.29 is 9.18 Å². The molecule has 0 atom stereocenters. The van der Waals surface area contributed by atoms with E-state index in [1.54, 1.807) is 42.4 Å². The number of aromatic nitrogens is 1. The van der Waals surface area contributed by atoms with E-state index in [-0.39, 0.29) is 11.7 Å². The van der Waals surface area contributed by atoms with Gasteiger partial charge in [-0.15, -0.1) is 0 Å². The van der Waals surface area contributed by atoms with Crippen LogP contribution in [-0.2, 0) is 13.1 Å². The number of amides is 1. The minimum absolute atomic E-state index is 0.115. The van der Waals surface area contributed by atoms with Gasteiger partial charge >= 0.3 is 0 Å². The summed E-state index contributed by atoms with van der Waals surface area (Å²) in [6, 6.07) is 18.1. The fourth-order valence-corrected chi connectivity index (χ4v) is 2.64. The van der Waals surface area contributed by atoms with E-state index in [0.29, 0.717) is 29.9 Å². The first-order valence-electron chi connectivity index (χ1n) is 8.35. The third-order valence-corrected chi connectivity index (χ3v) is 4.04. The highest BCUT2D eigenvalue weighted by molar-refractivity contribution is 5.94. The van der Waals surface area contributed by atoms with Crippen LogP contribution in [0.3, 0.4) is 0 Å². The number of anilines is 1. The molecule has 4 nitrogen and oxygen atoms in total. The molecule has 0 unspecified atom stereocenters. The van der Waals surface area contributed by atoms with Crippen LogP contribution >= 0.6 is 0 Å². The zero-order chi connectivity index (χ0) is 18.4. The Hall–Kier alpha value is -3.21. The second-order valence-electron chi connectivity index (χ2n) is 6.05. The van der Waals surface area contributed by atoms with Gasteiger partial charge in [0.1, 0.15) is 5.82 Å². The molecule has 2 aromatic carbocycles. The molecule has 0 bridgehead atoms. The Balaban J connectivity index is 1.66. The Morgan fingerprint density at radius 1 is 1.08 bits per heavy atom. The first-order chi connectivity index (χ1) is 12.6. The summed E-state index contributed by atoms with van der Waals surface area (Å²) in [4.78, 5) is 18.4. The number of rotatable bonds is 6. The van der Waals surface area contributed by atoms with E-state index < -0.39 is 0 Å². The van der Waals surface area contributed by atoms with Gasteiger partial charge in [-0.2, -0.15) is 0 Å². The van der Waals surface area contributed by atoms with Gasteiger partial charge in [0.25, 0.3) is 5.91 Å². The summed E-state index contributed by atoms with van der Waals surface area (Å²) >= 11 is 0. The molecule has 0 radical (unpaired) electrons. The van der Waals surface area contributed by atoms with Crippen LogP contribution in [0.1, 0.15) is 21.5 Å². The number of pyridine rings is 1. The van der Waals surface area contributed by atoms with E-state index in [4.69, 9.17) is 0 Å². The predicted molar refractivity (Wildman–Crippen MR) is 100 cm³/mol. The average molecular weight is 349 g/mol. The van der Waals surface area contributed by atoms with Crippen molar-refractivity contribution >= 4 is 11.6 Å². The predicted octanol–water partition coefficient (Wildman–Crippen LogP) is 4.11. The molecule has 26 heavy (non-hydrogen) atoms. The maximum atomic E-state index is 13.7. The van der Waals surface area contributed by atoms with E-state index in [0.717, 1.165) is 5.56 Å². The molecular weight excluding hydrogens is 329 g/mol. The number of benzene rings is 2. The minimum Gasteiger partial charge on any atom is -0.380 e. The third kappa shape index (κ3) is 4.45. The molecule has 1 aromatic heterocycles. The number of nitrogens with zero attached hydrogens (tertiary/aromatic N) is 2. The molecule has 0 saturated heterocycles. The summed E-state index contributed by atoms with van der Waals surface area (Å²) in [7, 11) is 1.76. The highest BCUT2D eigenvalue weighted by Gasteiger charge is 2.13. The van der Waals surface area contributed by atoms with Gasteiger partial charge in [0.2, 0.25) is 0 Å². The lowest BCUT2D eigenvalue weighted by Crippen LogP contribution is -2.26. The van der Waals surface area contributed by atoms with Gasteiger partial charge in [0, 0.05) is 38.1 Å². The van der Waals surface area contributed by atoms with E-state index in [9.17, 15) is 9.18 Å². The molecular formula is C21H20FN3O. The van der Waals surface area contributed by atoms with Crippen LogP contribution in [0.15, 0.2) is 73.1 Å². The summed E-state index contributed by atoms with van der Waals surface area (Å²) in [6.45, 7) is 0.846. The highest BCUT2D eigenvalue weighted by Crippen LogP contribution is 2.14. The SMILES string of the molecule is CN(Cc1ccccc1)C(=O)c1cncc(NCc2ccccc2F)c1. The molecule has 0 aliphatic heterocycles. The molecule has 1 heterocycles. The lowest BCUT2D eigenvalue weighted by molar-refractivity contribution is 0.0784. The summed E-state index contributed by atoms with van der Waals surface area (Å²) in [6.07, 6.45) is 3.16. The van der Waals surface area contributed by atoms with Gasteiger partial charge in [0.15, 0.2) is 0 Å². The second-order valence-corrected chi connectivity index (χ2v) is 6.05. The van der Waals surface area contributed by atoms with Crippen LogP contribution in [0.5, 0.6) is 0 Å². The maximum absolute atomic E-state index is 13.7. The lowest BCUT2D eigenvalue weighted by atomic mass is 10.2. The number of carbonyl (C=O) groups excluding carboxylic acids is 1. The van der Waals surface area contributed by atoms with Crippen LogP contribution in [0.4, 0.5) is 10.1 Å². The Kier molecular flexibility index (Phi) is 5.59. The molecule has 5 heteroatoms. The van der Waals surface area contributed by atoms with Crippen molar-refractivity contribution in [2.75, 3.05) is 12.4 Å². The normalized spacial score (nSPS) is 10.4. The summed E-state index contributed by atoms with van der Waals surface area (Å²) in [5.74, 6) is -0.376. The standard InChI is InChI=1S/C21H20FN3O/c1-25(15-16-7-3-2-4-8-16)21(26)18-11-19(14-23-12-18)24-13-17-9-5-6-10-20(17)22/h2-12,14,24H,13,15H2,1H3. The molecule has 1 amide bonds. The van der Waals surface area contributed by atoms with E-state index in [1.807, 2.05) is 30.3 Å². The Bertz CT molecular complexity index is 883. The van der Waals surface area contributed by atoms with Gasteiger partial charge in [-0.05, 0) is 17.7 Å². The molecule has 132 valence electrons. The Morgan fingerprint density at radius 2 is 1.81 bits per heavy atom. The third-order valence-electron chi connectivity index (χ3n) is 4.04. The van der Waals surface area contributed by atoms with Crippen molar-refractivity contribution in [3.63, 3.8) is 0 Å². The topological polar surface area (TPSA) is 45.2 Å². The monoisotopic (exact) mass is 349 g/mol. The first-order valence-corrected chi connectivity index (χ1v) is 8.35. The smallest absolute Gasteiger partial charge is 0.255 e. The first kappa shape index (κ1) is 17.6. The molecule has 0 spiro atoms. The molecule has 0 saturated carbocycles. The lowest BCUT2D eigenvalue weighted by Gasteiger charge is -2.17. The van der Waals surface area contributed by atoms with Crippen molar-refractivity contribution in [3.8, 4) is 0 Å². The van der Waals surface area contributed by atoms with Crippen molar-refractivity contribution in [2.45, 2.75) is 13.1 Å². The van der Waals surface area contributed by atoms with E-state index >= 15 is 0 Å². The average Bonchev–Trinajstić information content (AvgIpc) is 2.68. The van der Waals surface area contributed by atoms with Crippen LogP contribution in [0, 0.1) is 5.82 Å². The zero-order valence-electron chi connectivity index (χ0n) is 14.5. The van der Waals surface area contributed by atoms with Gasteiger partial charge in [0.05, 0.1) is 11.3 Å². The van der Waals surface area contributed by atoms with Crippen LogP contribution < -0.4 is 5.32 Å². The van der Waals surface area contributed by atoms with Gasteiger partial charge in [-0.25, -0.2) is 4.39 Å². The molecule has 3 aromatic rings. The fraction of sp³-hybridized carbons (Fsp3) is 0.143. The van der Waals surface area contributed by atoms with Crippen LogP contribution in [-0.4, -0.2) is 22.8 Å². The van der Waals surface area contributed by atoms with E-state index in [2.05, 4.69) is 10.3 Å². The number of hydrogen-bond donors (Lipinski definition) is 1. The molecule has 3 rings (SSSR count). The van der Waals surface area contributed by atoms with Gasteiger partial charge < -0.3 is 10.2 Å². The second kappa shape index (κ2) is 8.25. The van der Waals surface area contributed by atoms with Crippen molar-refractivity contribution in [1.82, 2.24) is 9.88 Å². The molecule has 0 fully saturated rings. The highest BCUT2D eigenvalue weighted by atomic mass is 19.1. The van der Waals surface area contributed by atoms with E-state index in [1.165, 1.54) is 12.3 Å². The summed E-state index contributed by atoms with van der Waals surface area (Å²) < 4.78 is 13.7. The molecule has 0 aliphatic rings. The molecule has 0 aliphatic carbocycles. The van der Waals surface area contributed by atoms with Crippen molar-refractivity contribution in [2.24, 2.45) is 0 Å². The largest absolute Gasteiger partial charge is 0.380 e. The van der Waals surface area contributed by atoms with Crippen LogP contribution in [0.2, 0.25) is 0 Å². The van der Waals surface area contributed by atoms with Crippen molar-refractivity contribution in [1.29, 1.82) is 0 Å². The number of hydrogen-bond acceptors (Lipinski definition) is 3. The number of carbonyl (C=O) groups is 1. The van der Waals surface area contributed by atoms with Gasteiger partial charge in [-0.3, -0.25) is 9.78 Å². The quantitative estimate of drug-likeness (QED) is 0.728. The Labute approximate surface area is 152 Å². The van der Waals surface area contributed by atoms with Crippen molar-refractivity contribution in [3.05, 3.63) is 95.6 Å². The van der Waals surface area contributed by atoms with Gasteiger partial charge in [-0.1, -0.05) is 48.5 Å². The maximum Gasteiger partial charge on any atom is 0.255 e. The Morgan fingerprint density at radius 3 is 2.58 bits per heavy atom. The minimum atomic E-state index is -0.261. The molecule has 1 N–H and O–H groups in total. The summed E-state index contributed by atoms with van der Waals surface area (Å²) in [5, 5.41) is 3.11. The number of nitrogens with one attached hydrogen (secondary N) is 1. The number of halogens is 1. The van der Waals surface area contributed by atoms with Crippen LogP contribution in [0.25, 0.3) is 0 Å². The zero-order valence-corrected chi connectivity index (χ0v) is 14.5. The summed E-state index contributed by atoms with van der Waals surface area (Å²) in [5.41, 5.74) is 2.78. The fourth-order valence-electron chi connectivity index (χ4n) is 2.64.